The highest BCUT2D eigenvalue weighted by Crippen LogP contribution is 2.43. The highest BCUT2D eigenvalue weighted by molar-refractivity contribution is 6.01. The van der Waals surface area contributed by atoms with Crippen LogP contribution in [0.15, 0.2) is 132 Å². The Labute approximate surface area is 307 Å². The number of hydrazine groups is 1. The van der Waals surface area contributed by atoms with Gasteiger partial charge in [-0.25, -0.2) is 10.4 Å². The monoisotopic (exact) mass is 747 g/mol. The van der Waals surface area contributed by atoms with Gasteiger partial charge >= 0.3 is 12.4 Å². The summed E-state index contributed by atoms with van der Waals surface area (Å²) in [6.07, 6.45) is -10.6. The van der Waals surface area contributed by atoms with Crippen LogP contribution >= 0.6 is 0 Å². The molecule has 0 saturated carbocycles. The first-order valence-corrected chi connectivity index (χ1v) is 17.0. The SMILES string of the molecule is O=C(NNCc1cc(C(F)(F)F)cc(C(F)(F)F)c1)[C@@]1(Cc2ccccc2)N=C(c2ccc(OCCCO)cc2)O[C@H]1c1ccc(-c2ccccc2)cc1. The van der Waals surface area contributed by atoms with Crippen molar-refractivity contribution in [1.29, 1.82) is 0 Å². The van der Waals surface area contributed by atoms with Crippen LogP contribution in [0.5, 0.6) is 5.75 Å². The minimum Gasteiger partial charge on any atom is -0.494 e. The van der Waals surface area contributed by atoms with E-state index in [0.717, 1.165) is 11.1 Å². The fraction of sp³-hybridized carbons (Fsp3) is 0.220. The highest BCUT2D eigenvalue weighted by Gasteiger charge is 2.53. The first-order valence-electron chi connectivity index (χ1n) is 17.0. The number of ether oxygens (including phenoxy) is 2. The lowest BCUT2D eigenvalue weighted by Gasteiger charge is -2.31. The van der Waals surface area contributed by atoms with Crippen molar-refractivity contribution >= 4 is 11.8 Å². The fourth-order valence-electron chi connectivity index (χ4n) is 6.13. The van der Waals surface area contributed by atoms with Gasteiger partial charge in [-0.1, -0.05) is 84.9 Å². The summed E-state index contributed by atoms with van der Waals surface area (Å²) in [4.78, 5) is 19.4. The fourth-order valence-corrected chi connectivity index (χ4v) is 6.13. The largest absolute Gasteiger partial charge is 0.494 e. The van der Waals surface area contributed by atoms with E-state index in [9.17, 15) is 31.1 Å². The Kier molecular flexibility index (Phi) is 11.4. The number of nitrogens with one attached hydrogen (secondary N) is 2. The van der Waals surface area contributed by atoms with Crippen LogP contribution in [-0.4, -0.2) is 35.7 Å². The molecule has 5 aromatic rings. The minimum atomic E-state index is -5.03. The second kappa shape index (κ2) is 16.1. The second-order valence-electron chi connectivity index (χ2n) is 12.7. The number of rotatable bonds is 13. The number of nitrogens with zero attached hydrogens (tertiary/aromatic N) is 1. The van der Waals surface area contributed by atoms with Gasteiger partial charge in [-0.15, -0.1) is 0 Å². The van der Waals surface area contributed by atoms with Gasteiger partial charge in [-0.3, -0.25) is 10.2 Å². The Morgan fingerprint density at radius 1 is 0.741 bits per heavy atom. The second-order valence-corrected chi connectivity index (χ2v) is 12.7. The summed E-state index contributed by atoms with van der Waals surface area (Å²) in [6, 6.07) is 34.2. The van der Waals surface area contributed by atoms with Crippen molar-refractivity contribution in [2.24, 2.45) is 4.99 Å². The third-order valence-electron chi connectivity index (χ3n) is 8.81. The highest BCUT2D eigenvalue weighted by atomic mass is 19.4. The van der Waals surface area contributed by atoms with Crippen molar-refractivity contribution in [3.63, 3.8) is 0 Å². The summed E-state index contributed by atoms with van der Waals surface area (Å²) >= 11 is 0. The van der Waals surface area contributed by atoms with Crippen molar-refractivity contribution in [2.75, 3.05) is 13.2 Å². The molecule has 280 valence electrons. The summed E-state index contributed by atoms with van der Waals surface area (Å²) < 4.78 is 93.4. The number of hydrogen-bond acceptors (Lipinski definition) is 6. The van der Waals surface area contributed by atoms with Crippen molar-refractivity contribution in [3.05, 3.63) is 161 Å². The molecule has 1 amide bonds. The summed E-state index contributed by atoms with van der Waals surface area (Å²) in [7, 11) is 0. The number of hydrogen-bond donors (Lipinski definition) is 3. The number of alkyl halides is 6. The molecule has 5 aromatic carbocycles. The number of amides is 1. The third-order valence-corrected chi connectivity index (χ3v) is 8.81. The maximum Gasteiger partial charge on any atom is 0.416 e. The van der Waals surface area contributed by atoms with Gasteiger partial charge in [0, 0.05) is 31.6 Å². The molecule has 0 bridgehead atoms. The Bertz CT molecular complexity index is 2020. The number of aliphatic hydroxyl groups is 1. The van der Waals surface area contributed by atoms with Crippen LogP contribution in [0.25, 0.3) is 11.1 Å². The molecule has 6 rings (SSSR count). The van der Waals surface area contributed by atoms with E-state index >= 15 is 0 Å². The molecule has 0 spiro atoms. The molecule has 3 N–H and O–H groups in total. The molecule has 1 aliphatic heterocycles. The molecule has 0 radical (unpaired) electrons. The van der Waals surface area contributed by atoms with Crippen molar-refractivity contribution in [1.82, 2.24) is 10.9 Å². The predicted molar refractivity (Wildman–Crippen MR) is 190 cm³/mol. The first kappa shape index (κ1) is 38.1. The van der Waals surface area contributed by atoms with E-state index in [1.165, 1.54) is 0 Å². The normalized spacial score (nSPS) is 17.1. The molecule has 7 nitrogen and oxygen atoms in total. The van der Waals surface area contributed by atoms with E-state index in [4.69, 9.17) is 19.6 Å². The van der Waals surface area contributed by atoms with E-state index < -0.39 is 47.6 Å². The van der Waals surface area contributed by atoms with Gasteiger partial charge in [-0.05, 0) is 70.3 Å². The van der Waals surface area contributed by atoms with Crippen LogP contribution in [0.1, 0.15) is 45.9 Å². The Morgan fingerprint density at radius 3 is 1.91 bits per heavy atom. The molecule has 2 atom stereocenters. The average Bonchev–Trinajstić information content (AvgIpc) is 3.55. The van der Waals surface area contributed by atoms with E-state index in [-0.39, 0.29) is 30.6 Å². The lowest BCUT2D eigenvalue weighted by Crippen LogP contribution is -2.53. The Morgan fingerprint density at radius 2 is 1.31 bits per heavy atom. The smallest absolute Gasteiger partial charge is 0.416 e. The summed E-state index contributed by atoms with van der Waals surface area (Å²) in [5, 5.41) is 9.08. The van der Waals surface area contributed by atoms with E-state index in [0.29, 0.717) is 47.6 Å². The maximum absolute atomic E-state index is 14.5. The van der Waals surface area contributed by atoms with Gasteiger partial charge in [0.15, 0.2) is 11.6 Å². The van der Waals surface area contributed by atoms with Gasteiger partial charge in [-0.2, -0.15) is 26.3 Å². The predicted octanol–water partition coefficient (Wildman–Crippen LogP) is 8.47. The Hall–Kier alpha value is -5.66. The van der Waals surface area contributed by atoms with Crippen LogP contribution in [0, 0.1) is 0 Å². The molecule has 1 heterocycles. The van der Waals surface area contributed by atoms with E-state index in [2.05, 4.69) is 10.9 Å². The number of aliphatic imine (C=N–C) groups is 1. The van der Waals surface area contributed by atoms with Gasteiger partial charge in [0.05, 0.1) is 17.7 Å². The number of carbonyl (C=O) groups is 1. The number of carbonyl (C=O) groups excluding carboxylic acids is 1. The molecule has 0 aliphatic carbocycles. The standard InChI is InChI=1S/C41H35F6N3O4/c42-40(43,44)33-22-28(23-34(24-33)41(45,46)47)26-48-50-38(52)39(25-27-8-3-1-4-9-27)36(31-14-12-30(13-15-31)29-10-5-2-6-11-29)54-37(49-39)32-16-18-35(19-17-32)53-21-7-20-51/h1-6,8-19,22-24,36,48,51H,7,20-21,25-26H2,(H,50,52)/t36-,39-/m0/s1. The van der Waals surface area contributed by atoms with Crippen LogP contribution in [0.2, 0.25) is 0 Å². The van der Waals surface area contributed by atoms with Gasteiger partial charge in [0.25, 0.3) is 5.91 Å². The molecular weight excluding hydrogens is 712 g/mol. The maximum atomic E-state index is 14.5. The van der Waals surface area contributed by atoms with Crippen molar-refractivity contribution in [2.45, 2.75) is 43.4 Å². The third kappa shape index (κ3) is 8.92. The number of benzene rings is 5. The van der Waals surface area contributed by atoms with Crippen molar-refractivity contribution < 1.29 is 45.7 Å². The summed E-state index contributed by atoms with van der Waals surface area (Å²) in [5.74, 6) is -0.0575. The van der Waals surface area contributed by atoms with Gasteiger partial charge < -0.3 is 14.6 Å². The summed E-state index contributed by atoms with van der Waals surface area (Å²) in [5.41, 5.74) is 3.77. The topological polar surface area (TPSA) is 92.2 Å². The summed E-state index contributed by atoms with van der Waals surface area (Å²) in [6.45, 7) is -0.281. The van der Waals surface area contributed by atoms with Gasteiger partial charge in [0.2, 0.25) is 5.90 Å². The van der Waals surface area contributed by atoms with Gasteiger partial charge in [0.1, 0.15) is 5.75 Å². The molecule has 54 heavy (non-hydrogen) atoms. The lowest BCUT2D eigenvalue weighted by molar-refractivity contribution is -0.143. The quantitative estimate of drug-likeness (QED) is 0.0639. The zero-order valence-electron chi connectivity index (χ0n) is 28.6. The minimum absolute atomic E-state index is 0.0140. The van der Waals surface area contributed by atoms with E-state index in [1.54, 1.807) is 36.4 Å². The Balaban J connectivity index is 1.36. The van der Waals surface area contributed by atoms with Crippen LogP contribution < -0.4 is 15.6 Å². The lowest BCUT2D eigenvalue weighted by atomic mass is 9.82. The molecular formula is C41H35F6N3O4. The molecule has 1 aliphatic rings. The molecule has 0 aromatic heterocycles. The molecule has 0 unspecified atom stereocenters. The number of aliphatic hydroxyl groups excluding tert-OH is 1. The van der Waals surface area contributed by atoms with Crippen LogP contribution in [0.3, 0.4) is 0 Å². The van der Waals surface area contributed by atoms with Crippen LogP contribution in [-0.2, 0) is 34.8 Å². The molecule has 0 fully saturated rings. The zero-order chi connectivity index (χ0) is 38.3. The average molecular weight is 748 g/mol. The van der Waals surface area contributed by atoms with Crippen molar-refractivity contribution in [3.8, 4) is 16.9 Å². The van der Waals surface area contributed by atoms with Crippen LogP contribution in [0.4, 0.5) is 26.3 Å². The molecule has 0 saturated heterocycles. The first-order chi connectivity index (χ1) is 25.9. The zero-order valence-corrected chi connectivity index (χ0v) is 28.6. The molecule has 13 heteroatoms. The van der Waals surface area contributed by atoms with E-state index in [1.807, 2.05) is 72.8 Å². The number of halogens is 6.